The third-order valence-electron chi connectivity index (χ3n) is 2.84. The number of rotatable bonds is 7. The first-order valence-corrected chi connectivity index (χ1v) is 5.77. The summed E-state index contributed by atoms with van der Waals surface area (Å²) in [4.78, 5) is 0. The summed E-state index contributed by atoms with van der Waals surface area (Å²) in [5.74, 6) is 2.58. The number of hydrogen-bond acceptors (Lipinski definition) is 3. The predicted molar refractivity (Wildman–Crippen MR) is 58.3 cm³/mol. The standard InChI is InChI=1S/C12H19NO2/c14-9-12-6-5-11(15-12)8-13-7-1-2-10-3-4-10/h5-6,10,13-14H,1-4,7-9H2. The summed E-state index contributed by atoms with van der Waals surface area (Å²) in [6.07, 6.45) is 5.52. The maximum Gasteiger partial charge on any atom is 0.129 e. The van der Waals surface area contributed by atoms with E-state index >= 15 is 0 Å². The Kier molecular flexibility index (Phi) is 3.80. The zero-order valence-corrected chi connectivity index (χ0v) is 9.04. The van der Waals surface area contributed by atoms with E-state index in [1.54, 1.807) is 0 Å². The minimum atomic E-state index is -0.0122. The largest absolute Gasteiger partial charge is 0.462 e. The van der Waals surface area contributed by atoms with E-state index in [2.05, 4.69) is 5.32 Å². The minimum Gasteiger partial charge on any atom is -0.462 e. The number of furan rings is 1. The van der Waals surface area contributed by atoms with Crippen LogP contribution in [-0.2, 0) is 13.2 Å². The smallest absolute Gasteiger partial charge is 0.129 e. The Balaban J connectivity index is 1.56. The molecule has 15 heavy (non-hydrogen) atoms. The van der Waals surface area contributed by atoms with E-state index in [0.717, 1.165) is 24.8 Å². The molecule has 1 aromatic rings. The van der Waals surface area contributed by atoms with E-state index in [4.69, 9.17) is 9.52 Å². The van der Waals surface area contributed by atoms with Crippen LogP contribution in [-0.4, -0.2) is 11.7 Å². The summed E-state index contributed by atoms with van der Waals surface area (Å²) in [6.45, 7) is 1.82. The second-order valence-corrected chi connectivity index (χ2v) is 4.29. The van der Waals surface area contributed by atoms with E-state index in [1.165, 1.54) is 25.7 Å². The van der Waals surface area contributed by atoms with Crippen LogP contribution in [0, 0.1) is 5.92 Å². The first-order valence-electron chi connectivity index (χ1n) is 5.77. The van der Waals surface area contributed by atoms with Crippen molar-refractivity contribution in [3.05, 3.63) is 23.7 Å². The Hall–Kier alpha value is -0.800. The zero-order valence-electron chi connectivity index (χ0n) is 9.04. The molecule has 3 nitrogen and oxygen atoms in total. The molecular formula is C12H19NO2. The van der Waals surface area contributed by atoms with Crippen LogP contribution in [0.4, 0.5) is 0 Å². The van der Waals surface area contributed by atoms with Crippen LogP contribution in [0.1, 0.15) is 37.2 Å². The third-order valence-corrected chi connectivity index (χ3v) is 2.84. The molecule has 0 saturated heterocycles. The molecule has 84 valence electrons. The molecule has 1 heterocycles. The molecule has 1 aliphatic rings. The number of aliphatic hydroxyl groups excluding tert-OH is 1. The van der Waals surface area contributed by atoms with Gasteiger partial charge in [-0.15, -0.1) is 0 Å². The van der Waals surface area contributed by atoms with Crippen LogP contribution in [0.3, 0.4) is 0 Å². The molecule has 0 aromatic carbocycles. The van der Waals surface area contributed by atoms with Gasteiger partial charge in [-0.25, -0.2) is 0 Å². The van der Waals surface area contributed by atoms with Crippen molar-refractivity contribution in [3.8, 4) is 0 Å². The topological polar surface area (TPSA) is 45.4 Å². The molecule has 0 unspecified atom stereocenters. The van der Waals surface area contributed by atoms with Gasteiger partial charge in [-0.2, -0.15) is 0 Å². The van der Waals surface area contributed by atoms with Crippen molar-refractivity contribution in [2.45, 2.75) is 38.8 Å². The monoisotopic (exact) mass is 209 g/mol. The molecule has 2 N–H and O–H groups in total. The van der Waals surface area contributed by atoms with E-state index < -0.39 is 0 Å². The Morgan fingerprint density at radius 1 is 1.33 bits per heavy atom. The van der Waals surface area contributed by atoms with Crippen LogP contribution in [0.5, 0.6) is 0 Å². The summed E-state index contributed by atoms with van der Waals surface area (Å²) < 4.78 is 5.36. The van der Waals surface area contributed by atoms with Crippen LogP contribution in [0.25, 0.3) is 0 Å². The highest BCUT2D eigenvalue weighted by Gasteiger charge is 2.19. The molecule has 1 fully saturated rings. The molecule has 0 amide bonds. The summed E-state index contributed by atoms with van der Waals surface area (Å²) >= 11 is 0. The predicted octanol–water partition coefficient (Wildman–Crippen LogP) is 2.05. The summed E-state index contributed by atoms with van der Waals surface area (Å²) in [5, 5.41) is 12.2. The van der Waals surface area contributed by atoms with Crippen molar-refractivity contribution in [2.75, 3.05) is 6.54 Å². The molecule has 0 aliphatic heterocycles. The lowest BCUT2D eigenvalue weighted by molar-refractivity contribution is 0.242. The third kappa shape index (κ3) is 3.68. The normalized spacial score (nSPS) is 15.8. The lowest BCUT2D eigenvalue weighted by Crippen LogP contribution is -2.14. The molecule has 0 radical (unpaired) electrons. The van der Waals surface area contributed by atoms with Gasteiger partial charge in [0.05, 0.1) is 6.54 Å². The maximum absolute atomic E-state index is 8.81. The van der Waals surface area contributed by atoms with Crippen molar-refractivity contribution in [3.63, 3.8) is 0 Å². The zero-order chi connectivity index (χ0) is 10.5. The second kappa shape index (κ2) is 5.33. The summed E-state index contributed by atoms with van der Waals surface area (Å²) in [6, 6.07) is 3.74. The molecule has 1 aliphatic carbocycles. The Bertz CT molecular complexity index is 292. The van der Waals surface area contributed by atoms with Gasteiger partial charge in [0.1, 0.15) is 18.1 Å². The first kappa shape index (κ1) is 10.7. The molecule has 0 bridgehead atoms. The van der Waals surface area contributed by atoms with Gasteiger partial charge in [-0.3, -0.25) is 0 Å². The molecule has 1 saturated carbocycles. The van der Waals surface area contributed by atoms with Crippen LogP contribution in [0.2, 0.25) is 0 Å². The lowest BCUT2D eigenvalue weighted by Gasteiger charge is -2.01. The van der Waals surface area contributed by atoms with Crippen molar-refractivity contribution in [1.82, 2.24) is 5.32 Å². The van der Waals surface area contributed by atoms with E-state index in [9.17, 15) is 0 Å². The molecular weight excluding hydrogens is 190 g/mol. The Morgan fingerprint density at radius 2 is 2.13 bits per heavy atom. The fourth-order valence-electron chi connectivity index (χ4n) is 1.74. The van der Waals surface area contributed by atoms with E-state index in [0.29, 0.717) is 5.76 Å². The van der Waals surface area contributed by atoms with Gasteiger partial charge in [0.15, 0.2) is 0 Å². The highest BCUT2D eigenvalue weighted by atomic mass is 16.4. The maximum atomic E-state index is 8.81. The van der Waals surface area contributed by atoms with Gasteiger partial charge in [0.25, 0.3) is 0 Å². The highest BCUT2D eigenvalue weighted by Crippen LogP contribution is 2.33. The van der Waals surface area contributed by atoms with Crippen LogP contribution >= 0.6 is 0 Å². The second-order valence-electron chi connectivity index (χ2n) is 4.29. The molecule has 3 heteroatoms. The molecule has 1 aromatic heterocycles. The molecule has 0 spiro atoms. The molecule has 0 atom stereocenters. The van der Waals surface area contributed by atoms with Gasteiger partial charge in [0, 0.05) is 0 Å². The van der Waals surface area contributed by atoms with Gasteiger partial charge in [-0.1, -0.05) is 12.8 Å². The van der Waals surface area contributed by atoms with Crippen molar-refractivity contribution in [2.24, 2.45) is 5.92 Å². The average Bonchev–Trinajstić information content (AvgIpc) is 2.96. The van der Waals surface area contributed by atoms with Gasteiger partial charge in [-0.05, 0) is 37.4 Å². The quantitative estimate of drug-likeness (QED) is 0.676. The van der Waals surface area contributed by atoms with Gasteiger partial charge >= 0.3 is 0 Å². The number of nitrogens with one attached hydrogen (secondary N) is 1. The Morgan fingerprint density at radius 3 is 2.80 bits per heavy atom. The first-order chi connectivity index (χ1) is 7.38. The SMILES string of the molecule is OCc1ccc(CNCCCC2CC2)o1. The summed E-state index contributed by atoms with van der Waals surface area (Å²) in [7, 11) is 0. The fourth-order valence-corrected chi connectivity index (χ4v) is 1.74. The van der Waals surface area contributed by atoms with Crippen LogP contribution < -0.4 is 5.32 Å². The van der Waals surface area contributed by atoms with Crippen molar-refractivity contribution < 1.29 is 9.52 Å². The number of aliphatic hydroxyl groups is 1. The van der Waals surface area contributed by atoms with Crippen molar-refractivity contribution in [1.29, 1.82) is 0 Å². The van der Waals surface area contributed by atoms with E-state index in [-0.39, 0.29) is 6.61 Å². The van der Waals surface area contributed by atoms with Crippen LogP contribution in [0.15, 0.2) is 16.5 Å². The molecule has 2 rings (SSSR count). The summed E-state index contributed by atoms with van der Waals surface area (Å²) in [5.41, 5.74) is 0. The Labute approximate surface area is 90.5 Å². The fraction of sp³-hybridized carbons (Fsp3) is 0.667. The lowest BCUT2D eigenvalue weighted by atomic mass is 10.2. The number of hydrogen-bond donors (Lipinski definition) is 2. The van der Waals surface area contributed by atoms with E-state index in [1.807, 2.05) is 12.1 Å². The van der Waals surface area contributed by atoms with Crippen molar-refractivity contribution >= 4 is 0 Å². The van der Waals surface area contributed by atoms with Gasteiger partial charge in [0.2, 0.25) is 0 Å². The average molecular weight is 209 g/mol. The highest BCUT2D eigenvalue weighted by molar-refractivity contribution is 5.05. The van der Waals surface area contributed by atoms with Gasteiger partial charge < -0.3 is 14.8 Å². The minimum absolute atomic E-state index is 0.0122.